The summed E-state index contributed by atoms with van der Waals surface area (Å²) in [6.45, 7) is 1.41. The third kappa shape index (κ3) is 4.43. The standard InChI is InChI=1S/C25H26N6O4/c26-22-21-20(35-15-29-21)12-25(22)7-9-31(10-8-25)24-19(14-32)30-17(13-28-24)2-1-11-34-18-5-3-16(4-6-18)23(27)33/h3-6,13,15,22,32H,7-12,14,26H2,(H2,27,33)/t22-/m1/s1. The van der Waals surface area contributed by atoms with Gasteiger partial charge in [0.05, 0.1) is 24.5 Å². The minimum absolute atomic E-state index is 0.0443. The molecule has 0 unspecified atom stereocenters. The van der Waals surface area contributed by atoms with Gasteiger partial charge in [-0.3, -0.25) is 4.79 Å². The van der Waals surface area contributed by atoms with E-state index in [2.05, 4.69) is 31.7 Å². The molecule has 1 saturated heterocycles. The van der Waals surface area contributed by atoms with Gasteiger partial charge in [-0.1, -0.05) is 5.92 Å². The van der Waals surface area contributed by atoms with Gasteiger partial charge in [-0.15, -0.1) is 0 Å². The molecule has 1 atom stereocenters. The van der Waals surface area contributed by atoms with E-state index in [4.69, 9.17) is 20.6 Å². The fourth-order valence-electron chi connectivity index (χ4n) is 4.85. The molecule has 5 rings (SSSR count). The van der Waals surface area contributed by atoms with Crippen molar-refractivity contribution >= 4 is 11.7 Å². The molecule has 0 saturated carbocycles. The lowest BCUT2D eigenvalue weighted by Gasteiger charge is -2.42. The number of benzene rings is 1. The van der Waals surface area contributed by atoms with Crippen molar-refractivity contribution in [3.8, 4) is 17.6 Å². The minimum atomic E-state index is -0.492. The molecule has 1 spiro atoms. The smallest absolute Gasteiger partial charge is 0.248 e. The number of fused-ring (bicyclic) bond motifs is 1. The lowest BCUT2D eigenvalue weighted by Crippen LogP contribution is -2.45. The number of rotatable bonds is 5. The van der Waals surface area contributed by atoms with Crippen LogP contribution in [0.2, 0.25) is 0 Å². The normalized spacial score (nSPS) is 18.1. The molecule has 2 aliphatic rings. The Balaban J connectivity index is 1.20. The number of aromatic nitrogens is 3. The second kappa shape index (κ2) is 9.37. The molecular formula is C25H26N6O4. The Labute approximate surface area is 202 Å². The summed E-state index contributed by atoms with van der Waals surface area (Å²) < 4.78 is 11.1. The number of aliphatic hydroxyl groups excluding tert-OH is 1. The Morgan fingerprint density at radius 3 is 2.71 bits per heavy atom. The number of carbonyl (C=O) groups is 1. The van der Waals surface area contributed by atoms with Crippen molar-refractivity contribution in [1.29, 1.82) is 0 Å². The van der Waals surface area contributed by atoms with E-state index in [1.807, 2.05) is 0 Å². The maximum Gasteiger partial charge on any atom is 0.248 e. The van der Waals surface area contributed by atoms with Crippen LogP contribution in [0, 0.1) is 17.3 Å². The molecule has 5 N–H and O–H groups in total. The monoisotopic (exact) mass is 474 g/mol. The summed E-state index contributed by atoms with van der Waals surface area (Å²) in [7, 11) is 0. The van der Waals surface area contributed by atoms with Crippen LogP contribution in [0.1, 0.15) is 52.1 Å². The highest BCUT2D eigenvalue weighted by Crippen LogP contribution is 2.50. The third-order valence-electron chi connectivity index (χ3n) is 6.84. The number of primary amides is 1. The lowest BCUT2D eigenvalue weighted by atomic mass is 9.73. The Kier molecular flexibility index (Phi) is 6.11. The number of aliphatic hydroxyl groups is 1. The van der Waals surface area contributed by atoms with Crippen LogP contribution in [0.15, 0.2) is 41.3 Å². The van der Waals surface area contributed by atoms with Gasteiger partial charge >= 0.3 is 0 Å². The molecule has 10 heteroatoms. The first-order valence-electron chi connectivity index (χ1n) is 11.4. The van der Waals surface area contributed by atoms with Crippen molar-refractivity contribution in [2.24, 2.45) is 16.9 Å². The summed E-state index contributed by atoms with van der Waals surface area (Å²) >= 11 is 0. The second-order valence-corrected chi connectivity index (χ2v) is 8.83. The molecule has 2 aromatic heterocycles. The largest absolute Gasteiger partial charge is 0.481 e. The Hall–Kier alpha value is -3.94. The van der Waals surface area contributed by atoms with Gasteiger partial charge in [0.1, 0.15) is 29.5 Å². The van der Waals surface area contributed by atoms with E-state index in [1.165, 1.54) is 6.39 Å². The predicted molar refractivity (Wildman–Crippen MR) is 126 cm³/mol. The summed E-state index contributed by atoms with van der Waals surface area (Å²) in [5.41, 5.74) is 13.9. The molecule has 1 aliphatic carbocycles. The topological polar surface area (TPSA) is 154 Å². The molecule has 3 heterocycles. The predicted octanol–water partition coefficient (Wildman–Crippen LogP) is 1.33. The molecule has 35 heavy (non-hydrogen) atoms. The SMILES string of the molecule is NC(=O)c1ccc(OCC#Cc2cnc(N3CCC4(CC3)Cc3ocnc3[C@H]4N)c(CO)n2)cc1. The summed E-state index contributed by atoms with van der Waals surface area (Å²) in [6, 6.07) is 6.38. The average molecular weight is 475 g/mol. The van der Waals surface area contributed by atoms with E-state index in [0.29, 0.717) is 28.5 Å². The maximum atomic E-state index is 11.1. The van der Waals surface area contributed by atoms with Gasteiger partial charge in [-0.05, 0) is 43.0 Å². The molecule has 1 aliphatic heterocycles. The van der Waals surface area contributed by atoms with Gasteiger partial charge in [0.25, 0.3) is 0 Å². The second-order valence-electron chi connectivity index (χ2n) is 8.83. The van der Waals surface area contributed by atoms with Crippen molar-refractivity contribution in [3.05, 3.63) is 65.3 Å². The quantitative estimate of drug-likeness (QED) is 0.465. The number of oxazole rings is 1. The molecule has 1 amide bonds. The van der Waals surface area contributed by atoms with E-state index >= 15 is 0 Å². The highest BCUT2D eigenvalue weighted by Gasteiger charge is 2.48. The van der Waals surface area contributed by atoms with Crippen molar-refractivity contribution < 1.29 is 19.1 Å². The average Bonchev–Trinajstić information content (AvgIpc) is 3.43. The van der Waals surface area contributed by atoms with Gasteiger partial charge in [0.15, 0.2) is 12.2 Å². The highest BCUT2D eigenvalue weighted by atomic mass is 16.5. The van der Waals surface area contributed by atoms with E-state index < -0.39 is 5.91 Å². The van der Waals surface area contributed by atoms with E-state index in [9.17, 15) is 9.90 Å². The molecule has 1 fully saturated rings. The number of nitrogens with two attached hydrogens (primary N) is 2. The third-order valence-corrected chi connectivity index (χ3v) is 6.84. The Morgan fingerprint density at radius 1 is 1.26 bits per heavy atom. The number of anilines is 1. The number of nitrogens with zero attached hydrogens (tertiary/aromatic N) is 4. The van der Waals surface area contributed by atoms with E-state index in [-0.39, 0.29) is 24.7 Å². The Bertz CT molecular complexity index is 1290. The van der Waals surface area contributed by atoms with Crippen molar-refractivity contribution in [1.82, 2.24) is 15.0 Å². The molecule has 1 aromatic carbocycles. The molecular weight excluding hydrogens is 448 g/mol. The molecule has 3 aromatic rings. The zero-order valence-electron chi connectivity index (χ0n) is 19.1. The van der Waals surface area contributed by atoms with E-state index in [0.717, 1.165) is 43.8 Å². The minimum Gasteiger partial charge on any atom is -0.481 e. The van der Waals surface area contributed by atoms with Crippen LogP contribution in [0.3, 0.4) is 0 Å². The summed E-state index contributed by atoms with van der Waals surface area (Å²) in [5.74, 6) is 7.46. The number of amides is 1. The van der Waals surface area contributed by atoms with Crippen LogP contribution in [-0.4, -0.2) is 45.7 Å². The Morgan fingerprint density at radius 2 is 2.03 bits per heavy atom. The number of hydrogen-bond donors (Lipinski definition) is 3. The number of piperidine rings is 1. The number of carbonyl (C=O) groups excluding carboxylic acids is 1. The lowest BCUT2D eigenvalue weighted by molar-refractivity contribution is 0.1000. The molecule has 180 valence electrons. The van der Waals surface area contributed by atoms with Crippen LogP contribution < -0.4 is 21.1 Å². The van der Waals surface area contributed by atoms with Crippen LogP contribution in [0.25, 0.3) is 0 Å². The van der Waals surface area contributed by atoms with Gasteiger partial charge in [0.2, 0.25) is 5.91 Å². The zero-order valence-corrected chi connectivity index (χ0v) is 19.1. The van der Waals surface area contributed by atoms with Crippen molar-refractivity contribution in [3.63, 3.8) is 0 Å². The van der Waals surface area contributed by atoms with Crippen LogP contribution in [0.4, 0.5) is 5.82 Å². The fraction of sp³-hybridized carbons (Fsp3) is 0.360. The molecule has 0 radical (unpaired) electrons. The molecule has 10 nitrogen and oxygen atoms in total. The number of ether oxygens (including phenoxy) is 1. The van der Waals surface area contributed by atoms with Gasteiger partial charge in [-0.25, -0.2) is 15.0 Å². The van der Waals surface area contributed by atoms with Gasteiger partial charge in [-0.2, -0.15) is 0 Å². The maximum absolute atomic E-state index is 11.1. The van der Waals surface area contributed by atoms with Gasteiger partial charge in [0, 0.05) is 30.5 Å². The van der Waals surface area contributed by atoms with Crippen LogP contribution in [-0.2, 0) is 13.0 Å². The summed E-state index contributed by atoms with van der Waals surface area (Å²) in [4.78, 5) is 26.6. The summed E-state index contributed by atoms with van der Waals surface area (Å²) in [6.07, 6.45) is 5.64. The first kappa shape index (κ1) is 22.8. The first-order chi connectivity index (χ1) is 17.0. The molecule has 0 bridgehead atoms. The van der Waals surface area contributed by atoms with Crippen LogP contribution in [0.5, 0.6) is 5.75 Å². The first-order valence-corrected chi connectivity index (χ1v) is 11.4. The van der Waals surface area contributed by atoms with Crippen molar-refractivity contribution in [2.75, 3.05) is 24.6 Å². The summed E-state index contributed by atoms with van der Waals surface area (Å²) in [5, 5.41) is 9.92. The van der Waals surface area contributed by atoms with E-state index in [1.54, 1.807) is 30.5 Å². The zero-order chi connectivity index (χ0) is 24.4. The fourth-order valence-corrected chi connectivity index (χ4v) is 4.85. The van der Waals surface area contributed by atoms with Crippen molar-refractivity contribution in [2.45, 2.75) is 31.9 Å². The number of hydrogen-bond acceptors (Lipinski definition) is 9. The highest BCUT2D eigenvalue weighted by molar-refractivity contribution is 5.92. The van der Waals surface area contributed by atoms with Crippen LogP contribution >= 0.6 is 0 Å². The van der Waals surface area contributed by atoms with Gasteiger partial charge < -0.3 is 30.6 Å².